The summed E-state index contributed by atoms with van der Waals surface area (Å²) in [5.74, 6) is -0.536. The number of fused-ring (bicyclic) bond motifs is 2. The summed E-state index contributed by atoms with van der Waals surface area (Å²) >= 11 is 13.2. The second kappa shape index (κ2) is 13.0. The Morgan fingerprint density at radius 2 is 1.56 bits per heavy atom. The predicted molar refractivity (Wildman–Crippen MR) is 181 cm³/mol. The number of rotatable bonds is 10. The van der Waals surface area contributed by atoms with Crippen molar-refractivity contribution in [3.63, 3.8) is 0 Å². The SMILES string of the molecule is CCN(CC)Cc1sc2c(Br)c3ccccc3c(-c3cc(Br)c(OC(Cc4ccccc4)C(=O)O)c(Br)c3)c2c1C. The van der Waals surface area contributed by atoms with Crippen molar-refractivity contribution in [1.82, 2.24) is 4.90 Å². The quantitative estimate of drug-likeness (QED) is 0.154. The zero-order valence-corrected chi connectivity index (χ0v) is 28.6. The first-order valence-corrected chi connectivity index (χ1v) is 16.7. The van der Waals surface area contributed by atoms with Crippen molar-refractivity contribution in [3.8, 4) is 16.9 Å². The van der Waals surface area contributed by atoms with Crippen LogP contribution >= 0.6 is 59.1 Å². The molecule has 1 heterocycles. The van der Waals surface area contributed by atoms with E-state index in [2.05, 4.69) is 97.7 Å². The summed E-state index contributed by atoms with van der Waals surface area (Å²) in [7, 11) is 0. The van der Waals surface area contributed by atoms with Gasteiger partial charge in [-0.2, -0.15) is 0 Å². The average molecular weight is 760 g/mol. The van der Waals surface area contributed by atoms with Gasteiger partial charge < -0.3 is 9.84 Å². The Morgan fingerprint density at radius 1 is 0.951 bits per heavy atom. The van der Waals surface area contributed by atoms with E-state index in [0.717, 1.165) is 51.6 Å². The number of aryl methyl sites for hydroxylation is 1. The zero-order chi connectivity index (χ0) is 29.3. The second-order valence-electron chi connectivity index (χ2n) is 9.95. The number of halogens is 3. The van der Waals surface area contributed by atoms with Crippen LogP contribution in [0.2, 0.25) is 0 Å². The first-order chi connectivity index (χ1) is 19.7. The number of nitrogens with zero attached hydrogens (tertiary/aromatic N) is 1. The lowest BCUT2D eigenvalue weighted by molar-refractivity contribution is -0.145. The minimum atomic E-state index is -1.03. The lowest BCUT2D eigenvalue weighted by atomic mass is 9.93. The standard InChI is InChI=1S/C33H30Br3NO3S/c1-4-37(5-2)18-27-19(3)28-29(22-13-9-10-14-23(22)30(36)32(28)41-27)21-16-24(34)31(25(35)17-21)40-26(33(38)39)15-20-11-7-6-8-12-20/h6-14,16-17,26H,4-5,15,18H2,1-3H3,(H,38,39). The van der Waals surface area contributed by atoms with E-state index in [4.69, 9.17) is 4.74 Å². The van der Waals surface area contributed by atoms with Crippen molar-refractivity contribution < 1.29 is 14.6 Å². The van der Waals surface area contributed by atoms with Crippen molar-refractivity contribution in [3.05, 3.63) is 96.2 Å². The summed E-state index contributed by atoms with van der Waals surface area (Å²) in [5, 5.41) is 13.5. The third-order valence-electron chi connectivity index (χ3n) is 7.48. The van der Waals surface area contributed by atoms with Gasteiger partial charge in [-0.3, -0.25) is 4.90 Å². The van der Waals surface area contributed by atoms with Gasteiger partial charge in [0.15, 0.2) is 6.10 Å². The van der Waals surface area contributed by atoms with E-state index < -0.39 is 12.1 Å². The smallest absolute Gasteiger partial charge is 0.345 e. The molecule has 0 aliphatic heterocycles. The predicted octanol–water partition coefficient (Wildman–Crippen LogP) is 10.2. The molecule has 1 atom stereocenters. The van der Waals surface area contributed by atoms with Crippen molar-refractivity contribution in [1.29, 1.82) is 0 Å². The van der Waals surface area contributed by atoms with E-state index in [1.807, 2.05) is 53.8 Å². The summed E-state index contributed by atoms with van der Waals surface area (Å²) in [6, 6.07) is 22.1. The molecule has 0 spiro atoms. The number of carboxylic acids is 1. The molecule has 41 heavy (non-hydrogen) atoms. The molecule has 1 N–H and O–H groups in total. The third kappa shape index (κ3) is 6.13. The van der Waals surface area contributed by atoms with Gasteiger partial charge in [-0.25, -0.2) is 4.79 Å². The Morgan fingerprint density at radius 3 is 2.17 bits per heavy atom. The van der Waals surface area contributed by atoms with E-state index in [1.165, 1.54) is 20.5 Å². The maximum atomic E-state index is 12.1. The fourth-order valence-corrected chi connectivity index (χ4v) is 8.70. The molecule has 4 aromatic carbocycles. The number of hydrogen-bond donors (Lipinski definition) is 1. The minimum absolute atomic E-state index is 0.262. The average Bonchev–Trinajstić information content (AvgIpc) is 3.29. The number of carbonyl (C=O) groups is 1. The molecule has 0 saturated carbocycles. The molecular formula is C33H30Br3NO3S. The number of hydrogen-bond acceptors (Lipinski definition) is 4. The molecule has 4 nitrogen and oxygen atoms in total. The summed E-state index contributed by atoms with van der Waals surface area (Å²) in [4.78, 5) is 15.9. The Balaban J connectivity index is 1.64. The van der Waals surface area contributed by atoms with E-state index in [0.29, 0.717) is 14.7 Å². The van der Waals surface area contributed by atoms with Crippen LogP contribution in [0.25, 0.3) is 32.0 Å². The molecule has 0 radical (unpaired) electrons. The van der Waals surface area contributed by atoms with Crippen LogP contribution in [0.15, 0.2) is 80.1 Å². The molecule has 0 bridgehead atoms. The number of thiophene rings is 1. The lowest BCUT2D eigenvalue weighted by Crippen LogP contribution is -2.29. The highest BCUT2D eigenvalue weighted by Gasteiger charge is 2.25. The maximum Gasteiger partial charge on any atom is 0.345 e. The Labute approximate surface area is 269 Å². The normalized spacial score (nSPS) is 12.4. The van der Waals surface area contributed by atoms with Gasteiger partial charge in [0.1, 0.15) is 5.75 Å². The van der Waals surface area contributed by atoms with Gasteiger partial charge in [-0.15, -0.1) is 11.3 Å². The van der Waals surface area contributed by atoms with Gasteiger partial charge in [0.2, 0.25) is 0 Å². The van der Waals surface area contributed by atoms with Gasteiger partial charge in [-0.1, -0.05) is 68.4 Å². The number of carboxylic acid groups (broad SMARTS) is 1. The van der Waals surface area contributed by atoms with Crippen LogP contribution in [-0.4, -0.2) is 35.2 Å². The highest BCUT2D eigenvalue weighted by molar-refractivity contribution is 9.11. The molecule has 0 saturated heterocycles. The van der Waals surface area contributed by atoms with Gasteiger partial charge >= 0.3 is 5.97 Å². The number of benzene rings is 4. The van der Waals surface area contributed by atoms with Gasteiger partial charge in [0.05, 0.1) is 13.6 Å². The van der Waals surface area contributed by atoms with Crippen LogP contribution in [0.3, 0.4) is 0 Å². The van der Waals surface area contributed by atoms with Gasteiger partial charge in [-0.05, 0) is 113 Å². The van der Waals surface area contributed by atoms with E-state index in [1.54, 1.807) is 0 Å². The molecule has 5 aromatic rings. The molecule has 212 valence electrons. The fourth-order valence-electron chi connectivity index (χ4n) is 5.23. The Hall–Kier alpha value is -2.23. The summed E-state index contributed by atoms with van der Waals surface area (Å²) in [5.41, 5.74) is 4.38. The van der Waals surface area contributed by atoms with Crippen molar-refractivity contribution in [2.24, 2.45) is 0 Å². The van der Waals surface area contributed by atoms with Crippen LogP contribution in [0.5, 0.6) is 5.75 Å². The zero-order valence-electron chi connectivity index (χ0n) is 23.0. The first-order valence-electron chi connectivity index (χ1n) is 13.5. The largest absolute Gasteiger partial charge is 0.478 e. The highest BCUT2D eigenvalue weighted by Crippen LogP contribution is 2.49. The highest BCUT2D eigenvalue weighted by atomic mass is 79.9. The first kappa shape index (κ1) is 30.2. The van der Waals surface area contributed by atoms with E-state index in [9.17, 15) is 9.90 Å². The van der Waals surface area contributed by atoms with Crippen LogP contribution in [0.1, 0.15) is 29.9 Å². The lowest BCUT2D eigenvalue weighted by Gasteiger charge is -2.19. The Bertz CT molecular complexity index is 1710. The summed E-state index contributed by atoms with van der Waals surface area (Å²) in [6.45, 7) is 9.56. The van der Waals surface area contributed by atoms with E-state index >= 15 is 0 Å². The number of ether oxygens (including phenoxy) is 1. The topological polar surface area (TPSA) is 49.8 Å². The van der Waals surface area contributed by atoms with Crippen LogP contribution < -0.4 is 4.74 Å². The second-order valence-corrected chi connectivity index (χ2v) is 13.6. The van der Waals surface area contributed by atoms with Crippen molar-refractivity contribution >= 4 is 86.0 Å². The molecule has 0 amide bonds. The number of aliphatic carboxylic acids is 1. The summed E-state index contributed by atoms with van der Waals surface area (Å²) in [6.07, 6.45) is -0.768. The third-order valence-corrected chi connectivity index (χ3v) is 11.0. The molecule has 8 heteroatoms. The fraction of sp³-hybridized carbons (Fsp3) is 0.242. The molecule has 1 unspecified atom stereocenters. The molecule has 0 fully saturated rings. The molecule has 0 aliphatic carbocycles. The molecule has 5 rings (SSSR count). The van der Waals surface area contributed by atoms with Crippen LogP contribution in [0.4, 0.5) is 0 Å². The van der Waals surface area contributed by atoms with Crippen LogP contribution in [-0.2, 0) is 17.8 Å². The van der Waals surface area contributed by atoms with Crippen LogP contribution in [0, 0.1) is 6.92 Å². The monoisotopic (exact) mass is 757 g/mol. The molecule has 0 aliphatic rings. The molecular weight excluding hydrogens is 730 g/mol. The minimum Gasteiger partial charge on any atom is -0.478 e. The maximum absolute atomic E-state index is 12.1. The van der Waals surface area contributed by atoms with Gasteiger partial charge in [0.25, 0.3) is 0 Å². The summed E-state index contributed by atoms with van der Waals surface area (Å²) < 4.78 is 9.86. The van der Waals surface area contributed by atoms with E-state index in [-0.39, 0.29) is 6.42 Å². The van der Waals surface area contributed by atoms with Crippen molar-refractivity contribution in [2.75, 3.05) is 13.1 Å². The Kier molecular flexibility index (Phi) is 9.56. The molecule has 1 aromatic heterocycles. The van der Waals surface area contributed by atoms with Gasteiger partial charge in [0, 0.05) is 27.7 Å². The van der Waals surface area contributed by atoms with Crippen molar-refractivity contribution in [2.45, 2.75) is 39.8 Å².